The average molecular weight is 352 g/mol. The van der Waals surface area contributed by atoms with Crippen LogP contribution < -0.4 is 10.1 Å². The highest BCUT2D eigenvalue weighted by Gasteiger charge is 2.34. The maximum Gasteiger partial charge on any atom is 0.418 e. The number of amides is 1. The fourth-order valence-corrected chi connectivity index (χ4v) is 2.45. The Kier molecular flexibility index (Phi) is 4.89. The second-order valence-corrected chi connectivity index (χ2v) is 5.46. The molecule has 1 N–H and O–H groups in total. The number of ether oxygens (including phenoxy) is 2. The van der Waals surface area contributed by atoms with Crippen LogP contribution in [0.25, 0.3) is 0 Å². The topological polar surface area (TPSA) is 60.5 Å². The summed E-state index contributed by atoms with van der Waals surface area (Å²) in [5.41, 5.74) is -1.18. The van der Waals surface area contributed by atoms with Crippen LogP contribution in [0.3, 0.4) is 0 Å². The first-order valence-electron chi connectivity index (χ1n) is 7.62. The summed E-state index contributed by atoms with van der Waals surface area (Å²) < 4.78 is 50.0. The van der Waals surface area contributed by atoms with Gasteiger partial charge in [0.1, 0.15) is 11.7 Å². The molecule has 1 atom stereocenters. The molecule has 2 aromatic rings. The quantitative estimate of drug-likeness (QED) is 0.915. The number of carbonyl (C=O) groups excluding carboxylic acids is 1. The number of rotatable bonds is 4. The van der Waals surface area contributed by atoms with Crippen LogP contribution in [0.1, 0.15) is 22.3 Å². The van der Waals surface area contributed by atoms with Crippen LogP contribution in [0.15, 0.2) is 42.6 Å². The van der Waals surface area contributed by atoms with E-state index in [0.29, 0.717) is 19.6 Å². The van der Waals surface area contributed by atoms with Gasteiger partial charge in [-0.05, 0) is 24.3 Å². The van der Waals surface area contributed by atoms with Crippen molar-refractivity contribution in [2.24, 2.45) is 0 Å². The number of hydrogen-bond acceptors (Lipinski definition) is 4. The Hall–Kier alpha value is -2.61. The summed E-state index contributed by atoms with van der Waals surface area (Å²) in [5, 5.41) is 2.29. The van der Waals surface area contributed by atoms with Gasteiger partial charge in [0.05, 0.1) is 24.5 Å². The van der Waals surface area contributed by atoms with Crippen molar-refractivity contribution in [3.05, 3.63) is 53.7 Å². The van der Waals surface area contributed by atoms with Crippen LogP contribution in [0.5, 0.6) is 5.88 Å². The van der Waals surface area contributed by atoms with E-state index >= 15 is 0 Å². The molecule has 0 saturated carbocycles. The lowest BCUT2D eigenvalue weighted by Crippen LogP contribution is -2.21. The second-order valence-electron chi connectivity index (χ2n) is 5.46. The van der Waals surface area contributed by atoms with E-state index in [0.717, 1.165) is 6.07 Å². The maximum absolute atomic E-state index is 13.0. The Morgan fingerprint density at radius 2 is 2.04 bits per heavy atom. The number of aromatic nitrogens is 1. The number of alkyl halides is 3. The number of pyridine rings is 1. The smallest absolute Gasteiger partial charge is 0.418 e. The van der Waals surface area contributed by atoms with Gasteiger partial charge in [0.2, 0.25) is 5.88 Å². The first-order valence-corrected chi connectivity index (χ1v) is 7.62. The van der Waals surface area contributed by atoms with Crippen LogP contribution in [-0.4, -0.2) is 30.2 Å². The molecule has 1 aliphatic heterocycles. The minimum atomic E-state index is -4.57. The third-order valence-electron chi connectivity index (χ3n) is 3.66. The van der Waals surface area contributed by atoms with E-state index in [1.807, 2.05) is 0 Å². The number of hydrogen-bond donors (Lipinski definition) is 1. The van der Waals surface area contributed by atoms with Crippen molar-refractivity contribution in [3.63, 3.8) is 0 Å². The van der Waals surface area contributed by atoms with Crippen molar-refractivity contribution < 1.29 is 27.4 Å². The molecule has 0 unspecified atom stereocenters. The lowest BCUT2D eigenvalue weighted by Gasteiger charge is -2.16. The van der Waals surface area contributed by atoms with Crippen LogP contribution in [0, 0.1) is 0 Å². The van der Waals surface area contributed by atoms with E-state index in [4.69, 9.17) is 9.47 Å². The van der Waals surface area contributed by atoms with E-state index in [-0.39, 0.29) is 23.2 Å². The molecule has 0 radical (unpaired) electrons. The predicted molar refractivity (Wildman–Crippen MR) is 83.5 cm³/mol. The lowest BCUT2D eigenvalue weighted by atomic mass is 10.1. The normalized spacial score (nSPS) is 17.3. The van der Waals surface area contributed by atoms with Gasteiger partial charge in [0, 0.05) is 12.6 Å². The highest BCUT2D eigenvalue weighted by atomic mass is 19.4. The molecule has 0 bridgehead atoms. The Morgan fingerprint density at radius 1 is 1.24 bits per heavy atom. The number of carbonyl (C=O) groups is 1. The molecule has 1 aliphatic rings. The summed E-state index contributed by atoms with van der Waals surface area (Å²) in [6.07, 6.45) is -2.69. The minimum absolute atomic E-state index is 0.0615. The molecule has 3 rings (SSSR count). The van der Waals surface area contributed by atoms with Crippen LogP contribution in [0.4, 0.5) is 18.9 Å². The summed E-state index contributed by atoms with van der Waals surface area (Å²) >= 11 is 0. The zero-order chi connectivity index (χ0) is 17.9. The van der Waals surface area contributed by atoms with Crippen molar-refractivity contribution >= 4 is 11.6 Å². The molecule has 25 heavy (non-hydrogen) atoms. The SMILES string of the molecule is O=C(Nc1ccccc1C(F)(F)F)c1cccnc1O[C@@H]1CCOC1. The van der Waals surface area contributed by atoms with Crippen LogP contribution >= 0.6 is 0 Å². The van der Waals surface area contributed by atoms with Gasteiger partial charge in [-0.1, -0.05) is 12.1 Å². The van der Waals surface area contributed by atoms with E-state index in [1.165, 1.54) is 36.5 Å². The first-order chi connectivity index (χ1) is 11.9. The van der Waals surface area contributed by atoms with Crippen molar-refractivity contribution in [2.75, 3.05) is 18.5 Å². The van der Waals surface area contributed by atoms with Gasteiger partial charge in [-0.25, -0.2) is 4.98 Å². The van der Waals surface area contributed by atoms with Gasteiger partial charge < -0.3 is 14.8 Å². The summed E-state index contributed by atoms with van der Waals surface area (Å²) in [7, 11) is 0. The van der Waals surface area contributed by atoms with Gasteiger partial charge in [-0.3, -0.25) is 4.79 Å². The molecule has 5 nitrogen and oxygen atoms in total. The largest absolute Gasteiger partial charge is 0.471 e. The predicted octanol–water partition coefficient (Wildman–Crippen LogP) is 3.52. The third kappa shape index (κ3) is 4.08. The summed E-state index contributed by atoms with van der Waals surface area (Å²) in [4.78, 5) is 16.5. The lowest BCUT2D eigenvalue weighted by molar-refractivity contribution is -0.136. The number of anilines is 1. The van der Waals surface area contributed by atoms with Crippen LogP contribution in [0.2, 0.25) is 0 Å². The van der Waals surface area contributed by atoms with Crippen molar-refractivity contribution in [1.82, 2.24) is 4.98 Å². The number of nitrogens with one attached hydrogen (secondary N) is 1. The van der Waals surface area contributed by atoms with Gasteiger partial charge in [-0.2, -0.15) is 13.2 Å². The molecular weight excluding hydrogens is 337 g/mol. The molecule has 2 heterocycles. The standard InChI is InChI=1S/C17H15F3N2O3/c18-17(19,20)13-5-1-2-6-14(13)22-15(23)12-4-3-8-21-16(12)25-11-7-9-24-10-11/h1-6,8,11H,7,9-10H2,(H,22,23)/t11-/m1/s1. The van der Waals surface area contributed by atoms with Gasteiger partial charge in [0.25, 0.3) is 5.91 Å². The molecule has 1 aromatic carbocycles. The summed E-state index contributed by atoms with van der Waals surface area (Å²) in [6.45, 7) is 0.937. The van der Waals surface area contributed by atoms with E-state index < -0.39 is 17.6 Å². The van der Waals surface area contributed by atoms with E-state index in [9.17, 15) is 18.0 Å². The van der Waals surface area contributed by atoms with E-state index in [2.05, 4.69) is 10.3 Å². The Bertz CT molecular complexity index is 759. The molecular formula is C17H15F3N2O3. The number of benzene rings is 1. The monoisotopic (exact) mass is 352 g/mol. The van der Waals surface area contributed by atoms with Crippen LogP contribution in [-0.2, 0) is 10.9 Å². The Balaban J connectivity index is 1.83. The highest BCUT2D eigenvalue weighted by molar-refractivity contribution is 6.06. The molecule has 1 aromatic heterocycles. The number of halogens is 3. The number of para-hydroxylation sites is 1. The second kappa shape index (κ2) is 7.10. The zero-order valence-electron chi connectivity index (χ0n) is 13.0. The maximum atomic E-state index is 13.0. The number of nitrogens with zero attached hydrogens (tertiary/aromatic N) is 1. The molecule has 0 aliphatic carbocycles. The molecule has 132 valence electrons. The van der Waals surface area contributed by atoms with Gasteiger partial charge >= 0.3 is 6.18 Å². The molecule has 1 amide bonds. The Morgan fingerprint density at radius 3 is 2.76 bits per heavy atom. The van der Waals surface area contributed by atoms with Gasteiger partial charge in [0.15, 0.2) is 0 Å². The summed E-state index contributed by atoms with van der Waals surface area (Å²) in [6, 6.07) is 7.75. The average Bonchev–Trinajstić information content (AvgIpc) is 3.08. The molecule has 1 fully saturated rings. The first kappa shape index (κ1) is 17.2. The van der Waals surface area contributed by atoms with E-state index in [1.54, 1.807) is 0 Å². The minimum Gasteiger partial charge on any atom is -0.471 e. The molecule has 8 heteroatoms. The summed E-state index contributed by atoms with van der Waals surface area (Å²) in [5.74, 6) is -0.654. The van der Waals surface area contributed by atoms with Crippen molar-refractivity contribution in [2.45, 2.75) is 18.7 Å². The molecule has 0 spiro atoms. The fraction of sp³-hybridized carbons (Fsp3) is 0.294. The third-order valence-corrected chi connectivity index (χ3v) is 3.66. The Labute approximate surface area is 141 Å². The molecule has 1 saturated heterocycles. The van der Waals surface area contributed by atoms with Crippen molar-refractivity contribution in [1.29, 1.82) is 0 Å². The highest BCUT2D eigenvalue weighted by Crippen LogP contribution is 2.35. The van der Waals surface area contributed by atoms with Gasteiger partial charge in [-0.15, -0.1) is 0 Å². The fourth-order valence-electron chi connectivity index (χ4n) is 2.45. The van der Waals surface area contributed by atoms with Crippen molar-refractivity contribution in [3.8, 4) is 5.88 Å². The zero-order valence-corrected chi connectivity index (χ0v) is 13.0.